The summed E-state index contributed by atoms with van der Waals surface area (Å²) in [6.07, 6.45) is 16.2. The van der Waals surface area contributed by atoms with E-state index in [4.69, 9.17) is 0 Å². The monoisotopic (exact) mass is 898 g/mol. The molecule has 0 N–H and O–H groups in total. The second-order valence-electron chi connectivity index (χ2n) is 16.0. The Morgan fingerprint density at radius 1 is 0.472 bits per heavy atom. The Morgan fingerprint density at radius 2 is 0.868 bits per heavy atom. The van der Waals surface area contributed by atoms with Gasteiger partial charge in [0.1, 0.15) is 0 Å². The van der Waals surface area contributed by atoms with Gasteiger partial charge in [-0.2, -0.15) is 0 Å². The van der Waals surface area contributed by atoms with Crippen LogP contribution >= 0.6 is 0 Å². The van der Waals surface area contributed by atoms with Gasteiger partial charge in [-0.05, 0) is 0 Å². The van der Waals surface area contributed by atoms with Gasteiger partial charge in [0.15, 0.2) is 0 Å². The van der Waals surface area contributed by atoms with E-state index in [1.54, 1.807) is 33.4 Å². The van der Waals surface area contributed by atoms with Gasteiger partial charge in [0, 0.05) is 0 Å². The van der Waals surface area contributed by atoms with Gasteiger partial charge in [0.05, 0.1) is 0 Å². The van der Waals surface area contributed by atoms with Crippen LogP contribution in [0.1, 0.15) is 94.8 Å². The number of fused-ring (bicyclic) bond motifs is 5. The van der Waals surface area contributed by atoms with Gasteiger partial charge in [-0.25, -0.2) is 0 Å². The summed E-state index contributed by atoms with van der Waals surface area (Å²) >= 11 is -3.30. The second kappa shape index (κ2) is 14.8. The van der Waals surface area contributed by atoms with E-state index in [0.717, 1.165) is 7.35 Å². The standard InChI is InChI=1S/2C22H19.C6H10.2ClH.Hf/c2*1-2-7-16-14-18-10-6-13-21(22(18)15-16)20-12-5-9-17-8-3-4-11-19(17)20;1-2-4-6-5-3-1;;;/h2*3-6,8-15H,2,7H2,1H3;1-2H,3-6H2;2*1H;/q;;;;;+2/p-2. The topological polar surface area (TPSA) is 0 Å². The summed E-state index contributed by atoms with van der Waals surface area (Å²) in [5, 5.41) is 5.42. The van der Waals surface area contributed by atoms with Crippen molar-refractivity contribution < 1.29 is 44.8 Å². The zero-order valence-electron chi connectivity index (χ0n) is 30.9. The molecule has 1 heterocycles. The number of benzene rings is 6. The molecule has 0 nitrogen and oxygen atoms in total. The van der Waals surface area contributed by atoms with Gasteiger partial charge in [0.2, 0.25) is 0 Å². The van der Waals surface area contributed by atoms with Crippen molar-refractivity contribution in [2.75, 3.05) is 0 Å². The van der Waals surface area contributed by atoms with Crippen LogP contribution in [0.4, 0.5) is 0 Å². The average Bonchev–Trinajstić information content (AvgIpc) is 3.44. The van der Waals surface area contributed by atoms with Crippen molar-refractivity contribution in [3.8, 4) is 22.3 Å². The van der Waals surface area contributed by atoms with E-state index < -0.39 is 20.0 Å². The van der Waals surface area contributed by atoms with Crippen molar-refractivity contribution in [2.45, 2.75) is 79.9 Å². The molecule has 6 aromatic rings. The number of halogens is 2. The minimum atomic E-state index is -3.30. The van der Waals surface area contributed by atoms with Crippen LogP contribution < -0.4 is 24.8 Å². The van der Waals surface area contributed by atoms with Gasteiger partial charge in [0.25, 0.3) is 0 Å². The van der Waals surface area contributed by atoms with Crippen molar-refractivity contribution in [1.29, 1.82) is 0 Å². The fraction of sp³-hybridized carbons (Fsp3) is 0.280. The minimum absolute atomic E-state index is 0. The van der Waals surface area contributed by atoms with Crippen LogP contribution in [0.15, 0.2) is 132 Å². The molecule has 4 aliphatic rings. The normalized spacial score (nSPS) is 22.5. The van der Waals surface area contributed by atoms with Gasteiger partial charge < -0.3 is 24.8 Å². The van der Waals surface area contributed by atoms with Gasteiger partial charge >= 0.3 is 311 Å². The summed E-state index contributed by atoms with van der Waals surface area (Å²) < 4.78 is 3.38. The van der Waals surface area contributed by atoms with Crippen molar-refractivity contribution >= 4 is 33.7 Å². The van der Waals surface area contributed by atoms with Crippen molar-refractivity contribution in [3.05, 3.63) is 155 Å². The third-order valence-corrected chi connectivity index (χ3v) is 38.4. The number of hydrogen-bond donors (Lipinski definition) is 0. The zero-order chi connectivity index (χ0) is 34.1. The fourth-order valence-electron chi connectivity index (χ4n) is 11.8. The van der Waals surface area contributed by atoms with Crippen LogP contribution in [-0.2, 0) is 20.0 Å². The maximum atomic E-state index is 2.73. The van der Waals surface area contributed by atoms with Gasteiger partial charge in [-0.3, -0.25) is 0 Å². The summed E-state index contributed by atoms with van der Waals surface area (Å²) in [5.74, 6) is 0. The maximum absolute atomic E-state index is 3.30. The fourth-order valence-corrected chi connectivity index (χ4v) is 47.2. The smallest absolute Gasteiger partial charge is 1.00 e. The molecule has 1 aliphatic heterocycles. The van der Waals surface area contributed by atoms with E-state index in [2.05, 4.69) is 147 Å². The molecule has 0 radical (unpaired) electrons. The Balaban J connectivity index is 0.00000200. The molecule has 4 atom stereocenters. The molecule has 266 valence electrons. The second-order valence-corrected chi connectivity index (χ2v) is 32.6. The largest absolute Gasteiger partial charge is 1.00 e. The molecule has 3 heteroatoms. The molecule has 0 spiro atoms. The first-order valence-electron chi connectivity index (χ1n) is 19.9. The first-order valence-corrected chi connectivity index (χ1v) is 28.2. The van der Waals surface area contributed by atoms with E-state index >= 15 is 0 Å². The van der Waals surface area contributed by atoms with E-state index in [1.165, 1.54) is 95.2 Å². The number of rotatable bonds is 8. The van der Waals surface area contributed by atoms with Crippen LogP contribution in [0.25, 0.3) is 56.0 Å². The first kappa shape index (κ1) is 36.7. The molecule has 53 heavy (non-hydrogen) atoms. The molecule has 4 unspecified atom stereocenters. The zero-order valence-corrected chi connectivity index (χ0v) is 36.0. The summed E-state index contributed by atoms with van der Waals surface area (Å²) in [7, 11) is 0. The van der Waals surface area contributed by atoms with Crippen LogP contribution in [-0.4, -0.2) is 0 Å². The number of hydrogen-bond acceptors (Lipinski definition) is 0. The van der Waals surface area contributed by atoms with Crippen molar-refractivity contribution in [3.63, 3.8) is 0 Å². The maximum Gasteiger partial charge on any atom is -1.00 e. The number of allylic oxidation sites excluding steroid dienone is 2. The van der Waals surface area contributed by atoms with Crippen molar-refractivity contribution in [2.24, 2.45) is 0 Å². The van der Waals surface area contributed by atoms with Crippen LogP contribution in [0.5, 0.6) is 0 Å². The quantitative estimate of drug-likeness (QED) is 0.134. The Morgan fingerprint density at radius 3 is 1.32 bits per heavy atom. The molecular weight excluding hydrogens is 850 g/mol. The third-order valence-electron chi connectivity index (χ3n) is 13.5. The molecule has 1 saturated heterocycles. The van der Waals surface area contributed by atoms with Crippen LogP contribution in [0.3, 0.4) is 0 Å². The van der Waals surface area contributed by atoms with E-state index in [0.29, 0.717) is 7.35 Å². The molecule has 0 aromatic heterocycles. The summed E-state index contributed by atoms with van der Waals surface area (Å²) in [4.78, 5) is 0. The molecule has 6 aromatic carbocycles. The summed E-state index contributed by atoms with van der Waals surface area (Å²) in [5.41, 5.74) is 15.8. The Bertz CT molecular complexity index is 2220. The average molecular weight is 898 g/mol. The molecule has 3 aliphatic carbocycles. The first-order chi connectivity index (χ1) is 25.2. The van der Waals surface area contributed by atoms with Gasteiger partial charge in [-0.15, -0.1) is 0 Å². The summed E-state index contributed by atoms with van der Waals surface area (Å²) in [6, 6.07) is 46.7. The third kappa shape index (κ3) is 5.62. The molecule has 1 saturated carbocycles. The molecule has 0 amide bonds. The Labute approximate surface area is 333 Å². The van der Waals surface area contributed by atoms with Crippen molar-refractivity contribution in [1.82, 2.24) is 0 Å². The molecule has 10 rings (SSSR count). The van der Waals surface area contributed by atoms with E-state index in [1.807, 2.05) is 0 Å². The summed E-state index contributed by atoms with van der Waals surface area (Å²) in [6.45, 7) is 4.83. The molecular formula is C50H48Cl2Hf. The van der Waals surface area contributed by atoms with E-state index in [9.17, 15) is 0 Å². The SMILES string of the molecule is CCCC1=Cc2c(-c3cccc4ccccc34)cccc2[CH]1[Hf+2]1([CH]2C(CCC)=Cc3c(-c4cccc5ccccc45)cccc32)[CH]2CCCC[CH]21.[Cl-].[Cl-]. The molecule has 0 bridgehead atoms. The predicted molar refractivity (Wildman–Crippen MR) is 216 cm³/mol. The molecule has 2 fully saturated rings. The van der Waals surface area contributed by atoms with Gasteiger partial charge in [-0.1, -0.05) is 0 Å². The minimum Gasteiger partial charge on any atom is -1.00 e. The Hall–Kier alpha value is -3.23. The Kier molecular flexibility index (Phi) is 10.2. The van der Waals surface area contributed by atoms with E-state index in [-0.39, 0.29) is 24.8 Å². The predicted octanol–water partition coefficient (Wildman–Crippen LogP) is 8.83. The van der Waals surface area contributed by atoms with Crippen LogP contribution in [0.2, 0.25) is 7.35 Å². The van der Waals surface area contributed by atoms with Crippen LogP contribution in [0, 0.1) is 0 Å².